The van der Waals surface area contributed by atoms with Gasteiger partial charge in [0.1, 0.15) is 0 Å². The third kappa shape index (κ3) is 3.87. The van der Waals surface area contributed by atoms with Crippen molar-refractivity contribution in [3.05, 3.63) is 96.1 Å². The van der Waals surface area contributed by atoms with Gasteiger partial charge in [0.15, 0.2) is 0 Å². The maximum Gasteiger partial charge on any atom is 0.0998 e. The molecule has 0 aliphatic rings. The van der Waals surface area contributed by atoms with E-state index in [0.29, 0.717) is 5.57 Å². The van der Waals surface area contributed by atoms with Crippen LogP contribution in [0, 0.1) is 11.3 Å². The highest BCUT2D eigenvalue weighted by Crippen LogP contribution is 2.20. The molecule has 0 aliphatic heterocycles. The predicted molar refractivity (Wildman–Crippen MR) is 96.1 cm³/mol. The van der Waals surface area contributed by atoms with Crippen LogP contribution in [-0.4, -0.2) is 0 Å². The SMILES string of the molecule is N#C/C(=C\c1ccc(Nc2ccccc2)cc1)c1ccccc1. The second-order valence-corrected chi connectivity index (χ2v) is 5.15. The van der Waals surface area contributed by atoms with Crippen molar-refractivity contribution in [1.29, 1.82) is 5.26 Å². The second-order valence-electron chi connectivity index (χ2n) is 5.15. The van der Waals surface area contributed by atoms with Crippen LogP contribution in [0.15, 0.2) is 84.9 Å². The summed E-state index contributed by atoms with van der Waals surface area (Å²) in [5.74, 6) is 0. The highest BCUT2D eigenvalue weighted by molar-refractivity contribution is 5.89. The Hall–Kier alpha value is -3.31. The lowest BCUT2D eigenvalue weighted by Crippen LogP contribution is -1.89. The molecule has 2 nitrogen and oxygen atoms in total. The van der Waals surface area contributed by atoms with Crippen LogP contribution in [-0.2, 0) is 0 Å². The summed E-state index contributed by atoms with van der Waals surface area (Å²) in [7, 11) is 0. The minimum atomic E-state index is 0.661. The van der Waals surface area contributed by atoms with E-state index in [1.54, 1.807) is 0 Å². The number of nitrogens with one attached hydrogen (secondary N) is 1. The Morgan fingerprint density at radius 1 is 0.739 bits per heavy atom. The quantitative estimate of drug-likeness (QED) is 0.510. The van der Waals surface area contributed by atoms with Gasteiger partial charge in [-0.15, -0.1) is 0 Å². The molecule has 0 aliphatic carbocycles. The van der Waals surface area contributed by atoms with Gasteiger partial charge in [0.05, 0.1) is 11.6 Å². The minimum absolute atomic E-state index is 0.661. The molecule has 0 unspecified atom stereocenters. The third-order valence-electron chi connectivity index (χ3n) is 3.49. The highest BCUT2D eigenvalue weighted by atomic mass is 14.9. The van der Waals surface area contributed by atoms with Gasteiger partial charge in [-0.2, -0.15) is 5.26 Å². The fourth-order valence-corrected chi connectivity index (χ4v) is 2.32. The lowest BCUT2D eigenvalue weighted by Gasteiger charge is -2.06. The summed E-state index contributed by atoms with van der Waals surface area (Å²) in [6.07, 6.45) is 1.90. The van der Waals surface area contributed by atoms with E-state index >= 15 is 0 Å². The molecular formula is C21H16N2. The fraction of sp³-hybridized carbons (Fsp3) is 0. The van der Waals surface area contributed by atoms with Crippen molar-refractivity contribution in [1.82, 2.24) is 0 Å². The van der Waals surface area contributed by atoms with Crippen LogP contribution in [0.1, 0.15) is 11.1 Å². The topological polar surface area (TPSA) is 35.8 Å². The Bertz CT molecular complexity index is 827. The molecule has 0 aromatic heterocycles. The standard InChI is InChI=1S/C21H16N2/c22-16-19(18-7-3-1-4-8-18)15-17-11-13-21(14-12-17)23-20-9-5-2-6-10-20/h1-15,23H/b19-15+. The van der Waals surface area contributed by atoms with Crippen LogP contribution >= 0.6 is 0 Å². The molecule has 0 bridgehead atoms. The summed E-state index contributed by atoms with van der Waals surface area (Å²) >= 11 is 0. The number of nitriles is 1. The first-order valence-electron chi connectivity index (χ1n) is 7.44. The predicted octanol–water partition coefficient (Wildman–Crippen LogP) is 5.49. The number of hydrogen-bond donors (Lipinski definition) is 1. The zero-order valence-corrected chi connectivity index (χ0v) is 12.6. The van der Waals surface area contributed by atoms with Crippen molar-refractivity contribution in [3.8, 4) is 6.07 Å². The van der Waals surface area contributed by atoms with Crippen molar-refractivity contribution in [2.24, 2.45) is 0 Å². The van der Waals surface area contributed by atoms with Crippen molar-refractivity contribution in [2.45, 2.75) is 0 Å². The Labute approximate surface area is 136 Å². The van der Waals surface area contributed by atoms with Crippen LogP contribution in [0.5, 0.6) is 0 Å². The van der Waals surface area contributed by atoms with E-state index in [-0.39, 0.29) is 0 Å². The monoisotopic (exact) mass is 296 g/mol. The Morgan fingerprint density at radius 3 is 1.91 bits per heavy atom. The molecule has 0 saturated heterocycles. The molecule has 3 aromatic rings. The molecule has 0 spiro atoms. The number of hydrogen-bond acceptors (Lipinski definition) is 2. The van der Waals surface area contributed by atoms with Gasteiger partial charge in [0.2, 0.25) is 0 Å². The lowest BCUT2D eigenvalue weighted by molar-refractivity contribution is 1.52. The van der Waals surface area contributed by atoms with Crippen molar-refractivity contribution in [2.75, 3.05) is 5.32 Å². The molecule has 2 heteroatoms. The fourth-order valence-electron chi connectivity index (χ4n) is 2.32. The van der Waals surface area contributed by atoms with Gasteiger partial charge in [-0.1, -0.05) is 60.7 Å². The zero-order chi connectivity index (χ0) is 15.9. The number of para-hydroxylation sites is 1. The van der Waals surface area contributed by atoms with E-state index in [4.69, 9.17) is 0 Å². The molecule has 0 atom stereocenters. The van der Waals surface area contributed by atoms with E-state index in [1.807, 2.05) is 91.0 Å². The summed E-state index contributed by atoms with van der Waals surface area (Å²) in [5.41, 5.74) is 4.67. The van der Waals surface area contributed by atoms with Crippen LogP contribution in [0.4, 0.5) is 11.4 Å². The van der Waals surface area contributed by atoms with Crippen LogP contribution in [0.3, 0.4) is 0 Å². The zero-order valence-electron chi connectivity index (χ0n) is 12.6. The maximum atomic E-state index is 9.36. The molecule has 110 valence electrons. The molecule has 0 heterocycles. The molecule has 3 rings (SSSR count). The first kappa shape index (κ1) is 14.6. The van der Waals surface area contributed by atoms with Gasteiger partial charge in [0.25, 0.3) is 0 Å². The largest absolute Gasteiger partial charge is 0.356 e. The summed E-state index contributed by atoms with van der Waals surface area (Å²) in [5, 5.41) is 12.7. The Kier molecular flexibility index (Phi) is 4.52. The molecule has 0 radical (unpaired) electrons. The van der Waals surface area contributed by atoms with E-state index in [0.717, 1.165) is 22.5 Å². The van der Waals surface area contributed by atoms with Gasteiger partial charge < -0.3 is 5.32 Å². The number of anilines is 2. The summed E-state index contributed by atoms with van der Waals surface area (Å²) < 4.78 is 0. The highest BCUT2D eigenvalue weighted by Gasteiger charge is 2.00. The van der Waals surface area contributed by atoms with Gasteiger partial charge in [-0.25, -0.2) is 0 Å². The Balaban J connectivity index is 1.79. The number of allylic oxidation sites excluding steroid dienone is 1. The molecule has 23 heavy (non-hydrogen) atoms. The van der Waals surface area contributed by atoms with Gasteiger partial charge in [0, 0.05) is 11.4 Å². The van der Waals surface area contributed by atoms with Crippen molar-refractivity contribution in [3.63, 3.8) is 0 Å². The Morgan fingerprint density at radius 2 is 1.30 bits per heavy atom. The van der Waals surface area contributed by atoms with Crippen LogP contribution < -0.4 is 5.32 Å². The molecule has 1 N–H and O–H groups in total. The van der Waals surface area contributed by atoms with E-state index in [2.05, 4.69) is 11.4 Å². The summed E-state index contributed by atoms with van der Waals surface area (Å²) in [4.78, 5) is 0. The number of nitrogens with zero attached hydrogens (tertiary/aromatic N) is 1. The maximum absolute atomic E-state index is 9.36. The average molecular weight is 296 g/mol. The number of rotatable bonds is 4. The van der Waals surface area contributed by atoms with Gasteiger partial charge in [-0.05, 0) is 41.5 Å². The molecular weight excluding hydrogens is 280 g/mol. The summed E-state index contributed by atoms with van der Waals surface area (Å²) in [6.45, 7) is 0. The first-order valence-corrected chi connectivity index (χ1v) is 7.44. The van der Waals surface area contributed by atoms with Gasteiger partial charge in [-0.3, -0.25) is 0 Å². The van der Waals surface area contributed by atoms with E-state index < -0.39 is 0 Å². The molecule has 0 fully saturated rings. The lowest BCUT2D eigenvalue weighted by atomic mass is 10.0. The van der Waals surface area contributed by atoms with Crippen LogP contribution in [0.2, 0.25) is 0 Å². The van der Waals surface area contributed by atoms with E-state index in [1.165, 1.54) is 0 Å². The molecule has 3 aromatic carbocycles. The van der Waals surface area contributed by atoms with Crippen molar-refractivity contribution < 1.29 is 0 Å². The van der Waals surface area contributed by atoms with Crippen molar-refractivity contribution >= 4 is 23.0 Å². The minimum Gasteiger partial charge on any atom is -0.356 e. The number of benzene rings is 3. The second kappa shape index (κ2) is 7.11. The van der Waals surface area contributed by atoms with Gasteiger partial charge >= 0.3 is 0 Å². The van der Waals surface area contributed by atoms with E-state index in [9.17, 15) is 5.26 Å². The smallest absolute Gasteiger partial charge is 0.0998 e. The first-order chi connectivity index (χ1) is 11.3. The third-order valence-corrected chi connectivity index (χ3v) is 3.49. The molecule has 0 amide bonds. The average Bonchev–Trinajstić information content (AvgIpc) is 2.63. The van der Waals surface area contributed by atoms with Crippen LogP contribution in [0.25, 0.3) is 11.6 Å². The normalized spacial score (nSPS) is 10.8. The summed E-state index contributed by atoms with van der Waals surface area (Å²) in [6, 6.07) is 30.1. The molecule has 0 saturated carbocycles.